The average Bonchev–Trinajstić information content (AvgIpc) is 2.54. The molecule has 0 amide bonds. The Balaban J connectivity index is 1.39. The standard InChI is InChI=1S/C17H25Cl2N3O/c18-16-11-15(12-17(19)20-16)13-22-5-2-14(3-6-22)1-4-21-7-9-23-10-8-21/h11-12,14H,1-10,13H2. The molecule has 3 heterocycles. The van der Waals surface area contributed by atoms with E-state index in [9.17, 15) is 0 Å². The molecule has 0 unspecified atom stereocenters. The zero-order valence-corrected chi connectivity index (χ0v) is 15.0. The molecule has 0 N–H and O–H groups in total. The SMILES string of the molecule is Clc1cc(CN2CCC(CCN3CCOCC3)CC2)cc(Cl)n1. The Morgan fingerprint density at radius 3 is 2.30 bits per heavy atom. The lowest BCUT2D eigenvalue weighted by Gasteiger charge is -2.34. The van der Waals surface area contributed by atoms with Crippen LogP contribution >= 0.6 is 23.2 Å². The molecule has 4 nitrogen and oxygen atoms in total. The maximum Gasteiger partial charge on any atom is 0.131 e. The van der Waals surface area contributed by atoms with Gasteiger partial charge in [0, 0.05) is 19.6 Å². The molecular formula is C17H25Cl2N3O. The van der Waals surface area contributed by atoms with Gasteiger partial charge >= 0.3 is 0 Å². The lowest BCUT2D eigenvalue weighted by molar-refractivity contribution is 0.0334. The van der Waals surface area contributed by atoms with Gasteiger partial charge in [-0.2, -0.15) is 0 Å². The van der Waals surface area contributed by atoms with Gasteiger partial charge in [-0.15, -0.1) is 0 Å². The van der Waals surface area contributed by atoms with E-state index in [4.69, 9.17) is 27.9 Å². The van der Waals surface area contributed by atoms with Gasteiger partial charge in [0.05, 0.1) is 13.2 Å². The summed E-state index contributed by atoms with van der Waals surface area (Å²) in [6.45, 7) is 8.45. The van der Waals surface area contributed by atoms with Gasteiger partial charge in [0.15, 0.2) is 0 Å². The van der Waals surface area contributed by atoms with Crippen LogP contribution in [0.5, 0.6) is 0 Å². The first-order valence-corrected chi connectivity index (χ1v) is 9.29. The monoisotopic (exact) mass is 357 g/mol. The largest absolute Gasteiger partial charge is 0.379 e. The lowest BCUT2D eigenvalue weighted by atomic mass is 9.93. The summed E-state index contributed by atoms with van der Waals surface area (Å²) in [7, 11) is 0. The number of hydrogen-bond donors (Lipinski definition) is 0. The molecular weight excluding hydrogens is 333 g/mol. The van der Waals surface area contributed by atoms with Crippen LogP contribution in [-0.4, -0.2) is 60.7 Å². The van der Waals surface area contributed by atoms with Crippen LogP contribution in [0.25, 0.3) is 0 Å². The molecule has 0 radical (unpaired) electrons. The number of ether oxygens (including phenoxy) is 1. The van der Waals surface area contributed by atoms with Gasteiger partial charge in [-0.3, -0.25) is 9.80 Å². The fourth-order valence-corrected chi connectivity index (χ4v) is 3.99. The summed E-state index contributed by atoms with van der Waals surface area (Å²) in [5.41, 5.74) is 1.15. The van der Waals surface area contributed by atoms with Gasteiger partial charge in [0.2, 0.25) is 0 Å². The highest BCUT2D eigenvalue weighted by Gasteiger charge is 2.20. The molecule has 0 atom stereocenters. The van der Waals surface area contributed by atoms with E-state index in [1.807, 2.05) is 12.1 Å². The van der Waals surface area contributed by atoms with Gasteiger partial charge in [0.25, 0.3) is 0 Å². The zero-order valence-electron chi connectivity index (χ0n) is 13.5. The molecule has 0 aliphatic carbocycles. The van der Waals surface area contributed by atoms with Crippen molar-refractivity contribution in [2.75, 3.05) is 45.9 Å². The summed E-state index contributed by atoms with van der Waals surface area (Å²) in [6.07, 6.45) is 3.90. The Bertz CT molecular complexity index is 480. The first-order valence-electron chi connectivity index (χ1n) is 8.53. The Hall–Kier alpha value is -0.390. The van der Waals surface area contributed by atoms with Crippen LogP contribution in [0.15, 0.2) is 12.1 Å². The second-order valence-electron chi connectivity index (χ2n) is 6.58. The Labute approximate surface area is 148 Å². The molecule has 1 aromatic rings. The maximum atomic E-state index is 5.98. The van der Waals surface area contributed by atoms with Crippen molar-refractivity contribution in [3.8, 4) is 0 Å². The van der Waals surface area contributed by atoms with Crippen molar-refractivity contribution in [2.45, 2.75) is 25.8 Å². The molecule has 2 aliphatic rings. The highest BCUT2D eigenvalue weighted by Crippen LogP contribution is 2.23. The zero-order chi connectivity index (χ0) is 16.1. The van der Waals surface area contributed by atoms with Crippen molar-refractivity contribution in [3.05, 3.63) is 28.0 Å². The van der Waals surface area contributed by atoms with E-state index in [-0.39, 0.29) is 0 Å². The Morgan fingerprint density at radius 2 is 1.65 bits per heavy atom. The first kappa shape index (κ1) is 17.4. The second kappa shape index (κ2) is 8.63. The molecule has 6 heteroatoms. The van der Waals surface area contributed by atoms with Crippen LogP contribution in [-0.2, 0) is 11.3 Å². The summed E-state index contributed by atoms with van der Waals surface area (Å²) in [4.78, 5) is 9.04. The van der Waals surface area contributed by atoms with Crippen molar-refractivity contribution in [1.82, 2.24) is 14.8 Å². The fourth-order valence-electron chi connectivity index (χ4n) is 3.49. The molecule has 128 valence electrons. The van der Waals surface area contributed by atoms with E-state index in [0.29, 0.717) is 10.3 Å². The summed E-state index contributed by atoms with van der Waals surface area (Å²) in [5.74, 6) is 0.860. The molecule has 2 saturated heterocycles. The van der Waals surface area contributed by atoms with Crippen molar-refractivity contribution in [1.29, 1.82) is 0 Å². The molecule has 0 aromatic carbocycles. The molecule has 0 bridgehead atoms. The quantitative estimate of drug-likeness (QED) is 0.755. The number of likely N-dealkylation sites (tertiary alicyclic amines) is 1. The van der Waals surface area contributed by atoms with Crippen LogP contribution in [0.2, 0.25) is 10.3 Å². The summed E-state index contributed by atoms with van der Waals surface area (Å²) in [6, 6.07) is 3.83. The van der Waals surface area contributed by atoms with Gasteiger partial charge < -0.3 is 4.74 Å². The van der Waals surface area contributed by atoms with Crippen molar-refractivity contribution in [2.24, 2.45) is 5.92 Å². The van der Waals surface area contributed by atoms with Gasteiger partial charge in [-0.25, -0.2) is 4.98 Å². The van der Waals surface area contributed by atoms with Gasteiger partial charge in [-0.05, 0) is 62.5 Å². The smallest absolute Gasteiger partial charge is 0.131 e. The summed E-state index contributed by atoms with van der Waals surface area (Å²) >= 11 is 12.0. The molecule has 0 spiro atoms. The minimum atomic E-state index is 0.480. The Morgan fingerprint density at radius 1 is 1.00 bits per heavy atom. The number of piperidine rings is 1. The highest BCUT2D eigenvalue weighted by atomic mass is 35.5. The van der Waals surface area contributed by atoms with E-state index < -0.39 is 0 Å². The normalized spacial score (nSPS) is 21.7. The second-order valence-corrected chi connectivity index (χ2v) is 7.36. The van der Waals surface area contributed by atoms with Crippen LogP contribution in [0.1, 0.15) is 24.8 Å². The summed E-state index contributed by atoms with van der Waals surface area (Å²) in [5, 5.41) is 0.959. The van der Waals surface area contributed by atoms with E-state index in [0.717, 1.165) is 57.4 Å². The maximum absolute atomic E-state index is 5.98. The molecule has 2 aliphatic heterocycles. The number of halogens is 2. The van der Waals surface area contributed by atoms with Crippen LogP contribution in [0.4, 0.5) is 0 Å². The van der Waals surface area contributed by atoms with Crippen LogP contribution in [0.3, 0.4) is 0 Å². The predicted octanol–water partition coefficient (Wildman–Crippen LogP) is 3.32. The third-order valence-electron chi connectivity index (χ3n) is 4.89. The van der Waals surface area contributed by atoms with Crippen LogP contribution < -0.4 is 0 Å². The summed E-state index contributed by atoms with van der Waals surface area (Å²) < 4.78 is 5.41. The molecule has 3 rings (SSSR count). The number of pyridine rings is 1. The van der Waals surface area contributed by atoms with E-state index in [1.54, 1.807) is 0 Å². The van der Waals surface area contributed by atoms with Crippen molar-refractivity contribution < 1.29 is 4.74 Å². The average molecular weight is 358 g/mol. The number of aromatic nitrogens is 1. The number of morpholine rings is 1. The van der Waals surface area contributed by atoms with E-state index in [2.05, 4.69) is 14.8 Å². The van der Waals surface area contributed by atoms with Gasteiger partial charge in [-0.1, -0.05) is 23.2 Å². The van der Waals surface area contributed by atoms with E-state index in [1.165, 1.54) is 25.8 Å². The lowest BCUT2D eigenvalue weighted by Crippen LogP contribution is -2.39. The third kappa shape index (κ3) is 5.57. The number of hydrogen-bond acceptors (Lipinski definition) is 4. The van der Waals surface area contributed by atoms with Crippen molar-refractivity contribution in [3.63, 3.8) is 0 Å². The number of nitrogens with zero attached hydrogens (tertiary/aromatic N) is 3. The molecule has 0 saturated carbocycles. The molecule has 23 heavy (non-hydrogen) atoms. The van der Waals surface area contributed by atoms with Crippen LogP contribution in [0, 0.1) is 5.92 Å². The van der Waals surface area contributed by atoms with Crippen molar-refractivity contribution >= 4 is 23.2 Å². The molecule has 2 fully saturated rings. The minimum absolute atomic E-state index is 0.480. The first-order chi connectivity index (χ1) is 11.2. The fraction of sp³-hybridized carbons (Fsp3) is 0.706. The Kier molecular flexibility index (Phi) is 6.54. The highest BCUT2D eigenvalue weighted by molar-refractivity contribution is 6.32. The number of rotatable bonds is 5. The topological polar surface area (TPSA) is 28.6 Å². The predicted molar refractivity (Wildman–Crippen MR) is 94.1 cm³/mol. The molecule has 1 aromatic heterocycles. The van der Waals surface area contributed by atoms with Gasteiger partial charge in [0.1, 0.15) is 10.3 Å². The van der Waals surface area contributed by atoms with E-state index >= 15 is 0 Å². The minimum Gasteiger partial charge on any atom is -0.379 e. The third-order valence-corrected chi connectivity index (χ3v) is 5.28.